The minimum atomic E-state index is 0.278. The number of hydrogen-bond donors (Lipinski definition) is 1. The molecule has 0 spiro atoms. The highest BCUT2D eigenvalue weighted by molar-refractivity contribution is 8.14. The average molecular weight is 256 g/mol. The summed E-state index contributed by atoms with van der Waals surface area (Å²) in [6, 6.07) is 0.289. The van der Waals surface area contributed by atoms with Gasteiger partial charge in [0, 0.05) is 17.9 Å². The van der Waals surface area contributed by atoms with Gasteiger partial charge in [0.1, 0.15) is 0 Å². The van der Waals surface area contributed by atoms with Crippen molar-refractivity contribution in [2.75, 3.05) is 12.4 Å². The number of nitrogens with zero attached hydrogens (tertiary/aromatic N) is 1. The van der Waals surface area contributed by atoms with Gasteiger partial charge in [0.05, 0.1) is 12.1 Å². The summed E-state index contributed by atoms with van der Waals surface area (Å²) in [6.07, 6.45) is 5.03. The molecule has 2 fully saturated rings. The van der Waals surface area contributed by atoms with Crippen LogP contribution in [0.3, 0.4) is 0 Å². The first-order chi connectivity index (χ1) is 8.19. The zero-order chi connectivity index (χ0) is 12.3. The van der Waals surface area contributed by atoms with Gasteiger partial charge in [0.2, 0.25) is 0 Å². The Bertz CT molecular complexity index is 283. The first-order valence-corrected chi connectivity index (χ1v) is 7.78. The first-order valence-electron chi connectivity index (χ1n) is 6.79. The Hall–Kier alpha value is -0.220. The van der Waals surface area contributed by atoms with E-state index in [0.717, 1.165) is 23.9 Å². The van der Waals surface area contributed by atoms with Crippen molar-refractivity contribution >= 4 is 16.9 Å². The van der Waals surface area contributed by atoms with E-state index in [4.69, 9.17) is 9.73 Å². The standard InChI is InChI=1S/C13H24N2OS/c1-4-13(5-2)9-17-12(15-13)14-10(3)11-7-6-8-16-11/h10-11H,4-9H2,1-3H3,(H,14,15). The van der Waals surface area contributed by atoms with E-state index in [1.54, 1.807) is 0 Å². The summed E-state index contributed by atoms with van der Waals surface area (Å²) < 4.78 is 5.69. The van der Waals surface area contributed by atoms with Gasteiger partial charge in [-0.05, 0) is 32.6 Å². The predicted molar refractivity (Wildman–Crippen MR) is 74.8 cm³/mol. The van der Waals surface area contributed by atoms with Crippen LogP contribution < -0.4 is 5.32 Å². The Balaban J connectivity index is 1.94. The smallest absolute Gasteiger partial charge is 0.157 e. The summed E-state index contributed by atoms with van der Waals surface area (Å²) >= 11 is 1.87. The first kappa shape index (κ1) is 13.2. The van der Waals surface area contributed by atoms with Crippen LogP contribution >= 0.6 is 11.8 Å². The van der Waals surface area contributed by atoms with Crippen LogP contribution in [0.25, 0.3) is 0 Å². The van der Waals surface area contributed by atoms with E-state index in [1.807, 2.05) is 11.8 Å². The molecule has 0 radical (unpaired) electrons. The molecule has 2 aliphatic rings. The fourth-order valence-electron chi connectivity index (χ4n) is 2.46. The number of thioether (sulfide) groups is 1. The summed E-state index contributed by atoms with van der Waals surface area (Å²) in [5.74, 6) is 1.15. The Morgan fingerprint density at radius 2 is 2.29 bits per heavy atom. The topological polar surface area (TPSA) is 33.6 Å². The van der Waals surface area contributed by atoms with Gasteiger partial charge in [-0.15, -0.1) is 0 Å². The second kappa shape index (κ2) is 5.61. The fraction of sp³-hybridized carbons (Fsp3) is 0.923. The molecule has 0 aromatic rings. The molecule has 0 bridgehead atoms. The summed E-state index contributed by atoms with van der Waals surface area (Å²) in [5.41, 5.74) is 0.278. The van der Waals surface area contributed by atoms with E-state index < -0.39 is 0 Å². The molecule has 2 heterocycles. The second-order valence-corrected chi connectivity index (χ2v) is 6.09. The molecule has 0 aromatic heterocycles. The monoisotopic (exact) mass is 256 g/mol. The Kier molecular flexibility index (Phi) is 4.36. The molecule has 0 aliphatic carbocycles. The quantitative estimate of drug-likeness (QED) is 0.840. The molecule has 2 rings (SSSR count). The molecule has 2 unspecified atom stereocenters. The lowest BCUT2D eigenvalue weighted by atomic mass is 9.96. The van der Waals surface area contributed by atoms with Crippen molar-refractivity contribution in [1.29, 1.82) is 0 Å². The van der Waals surface area contributed by atoms with Gasteiger partial charge in [-0.25, -0.2) is 0 Å². The second-order valence-electron chi connectivity index (χ2n) is 5.13. The molecule has 17 heavy (non-hydrogen) atoms. The third-order valence-corrected chi connectivity index (χ3v) is 5.21. The largest absolute Gasteiger partial charge is 0.376 e. The minimum absolute atomic E-state index is 0.278. The molecule has 0 aromatic carbocycles. The van der Waals surface area contributed by atoms with Gasteiger partial charge in [-0.2, -0.15) is 0 Å². The maximum Gasteiger partial charge on any atom is 0.157 e. The Morgan fingerprint density at radius 1 is 1.53 bits per heavy atom. The molecule has 1 N–H and O–H groups in total. The van der Waals surface area contributed by atoms with Crippen molar-refractivity contribution in [1.82, 2.24) is 5.32 Å². The zero-order valence-corrected chi connectivity index (χ0v) is 12.0. The van der Waals surface area contributed by atoms with Crippen LogP contribution in [0.1, 0.15) is 46.5 Å². The Labute approximate surface area is 109 Å². The summed E-state index contributed by atoms with van der Waals surface area (Å²) in [7, 11) is 0. The lowest BCUT2D eigenvalue weighted by molar-refractivity contribution is 0.0953. The lowest BCUT2D eigenvalue weighted by Gasteiger charge is -2.25. The van der Waals surface area contributed by atoms with Gasteiger partial charge in [-0.3, -0.25) is 4.99 Å². The summed E-state index contributed by atoms with van der Waals surface area (Å²) in [6.45, 7) is 7.59. The van der Waals surface area contributed by atoms with Gasteiger partial charge < -0.3 is 10.1 Å². The van der Waals surface area contributed by atoms with Crippen molar-refractivity contribution in [3.63, 3.8) is 0 Å². The molecule has 0 saturated carbocycles. The third-order valence-electron chi connectivity index (χ3n) is 4.03. The molecule has 2 atom stereocenters. The van der Waals surface area contributed by atoms with E-state index in [-0.39, 0.29) is 11.6 Å². The van der Waals surface area contributed by atoms with E-state index in [2.05, 4.69) is 26.1 Å². The maximum absolute atomic E-state index is 5.69. The SMILES string of the molecule is CCC1(CC)CSC(=NC(C)C2CCCO2)N1. The normalized spacial score (nSPS) is 31.7. The Morgan fingerprint density at radius 3 is 2.82 bits per heavy atom. The molecule has 98 valence electrons. The van der Waals surface area contributed by atoms with Crippen LogP contribution in [0, 0.1) is 0 Å². The minimum Gasteiger partial charge on any atom is -0.376 e. The van der Waals surface area contributed by atoms with E-state index >= 15 is 0 Å². The van der Waals surface area contributed by atoms with Crippen LogP contribution in [0.2, 0.25) is 0 Å². The average Bonchev–Trinajstić information content (AvgIpc) is 2.98. The predicted octanol–water partition coefficient (Wildman–Crippen LogP) is 2.81. The highest BCUT2D eigenvalue weighted by Crippen LogP contribution is 2.29. The molecule has 2 saturated heterocycles. The zero-order valence-electron chi connectivity index (χ0n) is 11.2. The molecule has 3 nitrogen and oxygen atoms in total. The van der Waals surface area contributed by atoms with Gasteiger partial charge in [0.25, 0.3) is 0 Å². The van der Waals surface area contributed by atoms with Crippen molar-refractivity contribution < 1.29 is 4.74 Å². The number of rotatable bonds is 4. The highest BCUT2D eigenvalue weighted by Gasteiger charge is 2.34. The summed E-state index contributed by atoms with van der Waals surface area (Å²) in [4.78, 5) is 4.79. The maximum atomic E-state index is 5.69. The highest BCUT2D eigenvalue weighted by atomic mass is 32.2. The molecule has 2 aliphatic heterocycles. The van der Waals surface area contributed by atoms with E-state index in [9.17, 15) is 0 Å². The number of nitrogens with one attached hydrogen (secondary N) is 1. The van der Waals surface area contributed by atoms with Crippen LogP contribution in [0.4, 0.5) is 0 Å². The molecule has 0 amide bonds. The molecule has 4 heteroatoms. The van der Waals surface area contributed by atoms with Crippen LogP contribution in [0.5, 0.6) is 0 Å². The molecular formula is C13H24N2OS. The summed E-state index contributed by atoms with van der Waals surface area (Å²) in [5, 5.41) is 4.74. The van der Waals surface area contributed by atoms with Gasteiger partial charge in [0.15, 0.2) is 5.17 Å². The van der Waals surface area contributed by atoms with Crippen molar-refractivity contribution in [2.24, 2.45) is 4.99 Å². The fourth-order valence-corrected chi connectivity index (χ4v) is 3.88. The van der Waals surface area contributed by atoms with Crippen molar-refractivity contribution in [3.05, 3.63) is 0 Å². The number of hydrogen-bond acceptors (Lipinski definition) is 3. The lowest BCUT2D eigenvalue weighted by Crippen LogP contribution is -2.42. The van der Waals surface area contributed by atoms with Crippen molar-refractivity contribution in [3.8, 4) is 0 Å². The van der Waals surface area contributed by atoms with Gasteiger partial charge >= 0.3 is 0 Å². The number of ether oxygens (including phenoxy) is 1. The number of amidine groups is 1. The van der Waals surface area contributed by atoms with Crippen LogP contribution in [-0.4, -0.2) is 35.2 Å². The van der Waals surface area contributed by atoms with Crippen LogP contribution in [-0.2, 0) is 4.74 Å². The van der Waals surface area contributed by atoms with Gasteiger partial charge in [-0.1, -0.05) is 25.6 Å². The van der Waals surface area contributed by atoms with E-state index in [1.165, 1.54) is 19.3 Å². The van der Waals surface area contributed by atoms with Crippen LogP contribution in [0.15, 0.2) is 4.99 Å². The third kappa shape index (κ3) is 2.97. The molecular weight excluding hydrogens is 232 g/mol. The number of aliphatic imine (C=N–C) groups is 1. The van der Waals surface area contributed by atoms with Crippen molar-refractivity contribution in [2.45, 2.75) is 64.1 Å². The van der Waals surface area contributed by atoms with E-state index in [0.29, 0.717) is 6.10 Å².